The minimum absolute atomic E-state index is 0.0657. The van der Waals surface area contributed by atoms with Crippen molar-refractivity contribution in [2.45, 2.75) is 20.0 Å². The van der Waals surface area contributed by atoms with Crippen molar-refractivity contribution in [3.8, 4) is 17.2 Å². The zero-order valence-electron chi connectivity index (χ0n) is 16.5. The Morgan fingerprint density at radius 1 is 1.30 bits per heavy atom. The molecule has 9 nitrogen and oxygen atoms in total. The maximum absolute atomic E-state index is 13.8. The number of carbonyl (C=O) groups excluding carboxylic acids is 1. The maximum Gasteiger partial charge on any atom is 0.286 e. The van der Waals surface area contributed by atoms with Crippen LogP contribution in [0.25, 0.3) is 0 Å². The van der Waals surface area contributed by atoms with Crippen LogP contribution in [-0.2, 0) is 17.8 Å². The second kappa shape index (κ2) is 9.40. The summed E-state index contributed by atoms with van der Waals surface area (Å²) in [4.78, 5) is 23.4. The van der Waals surface area contributed by atoms with Gasteiger partial charge in [-0.25, -0.2) is 4.39 Å². The van der Waals surface area contributed by atoms with Gasteiger partial charge in [0.15, 0.2) is 18.3 Å². The molecule has 160 valence electrons. The predicted molar refractivity (Wildman–Crippen MR) is 104 cm³/mol. The lowest BCUT2D eigenvalue weighted by atomic mass is 10.0. The van der Waals surface area contributed by atoms with Crippen LogP contribution in [0.15, 0.2) is 24.3 Å². The van der Waals surface area contributed by atoms with E-state index in [1.54, 1.807) is 6.92 Å². The number of nitro groups is 1. The lowest BCUT2D eigenvalue weighted by Gasteiger charge is -2.21. The fraction of sp³-hybridized carbons (Fsp3) is 0.350. The number of halogens is 1. The fourth-order valence-corrected chi connectivity index (χ4v) is 3.16. The molecule has 3 rings (SSSR count). The first-order chi connectivity index (χ1) is 14.4. The maximum atomic E-state index is 13.8. The molecule has 10 heteroatoms. The molecule has 1 heterocycles. The first kappa shape index (κ1) is 21.3. The Morgan fingerprint density at radius 2 is 2.10 bits per heavy atom. The van der Waals surface area contributed by atoms with E-state index in [1.807, 2.05) is 0 Å². The molecule has 1 N–H and O–H groups in total. The molecule has 2 aromatic carbocycles. The molecular weight excluding hydrogens is 399 g/mol. The standard InChI is InChI=1S/C20H21FN2O7/c1-3-29-18-8-15(16(23(25)26)9-17(18)27-2)20(24)22-5-4-12-6-14(21)7-13-10-28-11-30-19(12)13/h6-9H,3-5,10-11H2,1-2H3,(H,22,24). The highest BCUT2D eigenvalue weighted by Gasteiger charge is 2.25. The number of fused-ring (bicyclic) bond motifs is 1. The first-order valence-electron chi connectivity index (χ1n) is 9.23. The van der Waals surface area contributed by atoms with Crippen LogP contribution in [0, 0.1) is 15.9 Å². The molecule has 0 aliphatic carbocycles. The summed E-state index contributed by atoms with van der Waals surface area (Å²) in [5.41, 5.74) is 0.606. The van der Waals surface area contributed by atoms with E-state index < -0.39 is 22.3 Å². The van der Waals surface area contributed by atoms with Crippen LogP contribution >= 0.6 is 0 Å². The van der Waals surface area contributed by atoms with E-state index >= 15 is 0 Å². The van der Waals surface area contributed by atoms with E-state index in [0.29, 0.717) is 23.5 Å². The number of hydrogen-bond acceptors (Lipinski definition) is 7. The van der Waals surface area contributed by atoms with Gasteiger partial charge >= 0.3 is 0 Å². The second-order valence-corrected chi connectivity index (χ2v) is 6.38. The van der Waals surface area contributed by atoms with Gasteiger partial charge in [-0.15, -0.1) is 0 Å². The van der Waals surface area contributed by atoms with Crippen LogP contribution in [0.1, 0.15) is 28.4 Å². The Kier molecular flexibility index (Phi) is 6.68. The quantitative estimate of drug-likeness (QED) is 0.516. The van der Waals surface area contributed by atoms with Crippen LogP contribution < -0.4 is 19.5 Å². The van der Waals surface area contributed by atoms with Crippen LogP contribution in [-0.4, -0.2) is 37.9 Å². The Labute approximate surface area is 171 Å². The average molecular weight is 420 g/mol. The lowest BCUT2D eigenvalue weighted by Crippen LogP contribution is -2.27. The van der Waals surface area contributed by atoms with Gasteiger partial charge in [-0.2, -0.15) is 0 Å². The molecule has 0 saturated heterocycles. The van der Waals surface area contributed by atoms with Crippen molar-refractivity contribution in [1.82, 2.24) is 5.32 Å². The van der Waals surface area contributed by atoms with Crippen LogP contribution in [0.3, 0.4) is 0 Å². The smallest absolute Gasteiger partial charge is 0.286 e. The van der Waals surface area contributed by atoms with Gasteiger partial charge in [-0.05, 0) is 31.0 Å². The number of ether oxygens (including phenoxy) is 4. The Balaban J connectivity index is 1.77. The largest absolute Gasteiger partial charge is 0.493 e. The summed E-state index contributed by atoms with van der Waals surface area (Å²) in [5.74, 6) is -0.170. The Morgan fingerprint density at radius 3 is 2.80 bits per heavy atom. The van der Waals surface area contributed by atoms with Crippen LogP contribution in [0.2, 0.25) is 0 Å². The summed E-state index contributed by atoms with van der Waals surface area (Å²) in [6.45, 7) is 2.46. The van der Waals surface area contributed by atoms with Gasteiger partial charge in [0.25, 0.3) is 11.6 Å². The molecule has 1 amide bonds. The Bertz CT molecular complexity index is 965. The van der Waals surface area contributed by atoms with Crippen molar-refractivity contribution in [2.24, 2.45) is 0 Å². The van der Waals surface area contributed by atoms with Crippen LogP contribution in [0.4, 0.5) is 10.1 Å². The first-order valence-corrected chi connectivity index (χ1v) is 9.23. The molecular formula is C20H21FN2O7. The molecule has 1 aliphatic rings. The van der Waals surface area contributed by atoms with Crippen molar-refractivity contribution in [2.75, 3.05) is 27.1 Å². The predicted octanol–water partition coefficient (Wildman–Crippen LogP) is 2.98. The number of nitrogens with zero attached hydrogens (tertiary/aromatic N) is 1. The van der Waals surface area contributed by atoms with E-state index in [9.17, 15) is 19.3 Å². The summed E-state index contributed by atoms with van der Waals surface area (Å²) in [6, 6.07) is 5.10. The average Bonchev–Trinajstić information content (AvgIpc) is 2.73. The second-order valence-electron chi connectivity index (χ2n) is 6.38. The third kappa shape index (κ3) is 4.60. The van der Waals surface area contributed by atoms with Gasteiger partial charge in [0.1, 0.15) is 17.1 Å². The number of nitro benzene ring substituents is 1. The Hall–Kier alpha value is -3.40. The molecule has 1 aliphatic heterocycles. The molecule has 0 saturated carbocycles. The van der Waals surface area contributed by atoms with Crippen molar-refractivity contribution < 1.29 is 33.1 Å². The number of nitrogens with one attached hydrogen (secondary N) is 1. The fourth-order valence-electron chi connectivity index (χ4n) is 3.16. The highest BCUT2D eigenvalue weighted by Crippen LogP contribution is 2.35. The normalized spacial score (nSPS) is 12.5. The van der Waals surface area contributed by atoms with Crippen molar-refractivity contribution >= 4 is 11.6 Å². The number of amides is 1. The molecule has 0 radical (unpaired) electrons. The molecule has 0 atom stereocenters. The van der Waals surface area contributed by atoms with Gasteiger partial charge in [0.2, 0.25) is 0 Å². The van der Waals surface area contributed by atoms with E-state index in [4.69, 9.17) is 18.9 Å². The molecule has 30 heavy (non-hydrogen) atoms. The molecule has 2 aromatic rings. The monoisotopic (exact) mass is 420 g/mol. The summed E-state index contributed by atoms with van der Waals surface area (Å²) >= 11 is 0. The van der Waals surface area contributed by atoms with E-state index in [-0.39, 0.29) is 43.4 Å². The number of methoxy groups -OCH3 is 1. The van der Waals surface area contributed by atoms with E-state index in [0.717, 1.165) is 6.07 Å². The van der Waals surface area contributed by atoms with Gasteiger partial charge in [-0.1, -0.05) is 0 Å². The minimum Gasteiger partial charge on any atom is -0.493 e. The van der Waals surface area contributed by atoms with Gasteiger partial charge in [-0.3, -0.25) is 14.9 Å². The van der Waals surface area contributed by atoms with Crippen molar-refractivity contribution in [3.63, 3.8) is 0 Å². The number of hydrogen-bond donors (Lipinski definition) is 1. The zero-order valence-corrected chi connectivity index (χ0v) is 16.5. The molecule has 0 bridgehead atoms. The summed E-state index contributed by atoms with van der Waals surface area (Å²) in [7, 11) is 1.36. The molecule has 0 aromatic heterocycles. The lowest BCUT2D eigenvalue weighted by molar-refractivity contribution is -0.385. The zero-order chi connectivity index (χ0) is 21.7. The summed E-state index contributed by atoms with van der Waals surface area (Å²) < 4.78 is 34.9. The van der Waals surface area contributed by atoms with E-state index in [1.165, 1.54) is 25.3 Å². The number of benzene rings is 2. The van der Waals surface area contributed by atoms with Crippen LogP contribution in [0.5, 0.6) is 17.2 Å². The third-order valence-corrected chi connectivity index (χ3v) is 4.45. The van der Waals surface area contributed by atoms with Gasteiger partial charge in [0.05, 0.1) is 31.3 Å². The van der Waals surface area contributed by atoms with Gasteiger partial charge < -0.3 is 24.3 Å². The van der Waals surface area contributed by atoms with Crippen molar-refractivity contribution in [3.05, 3.63) is 56.9 Å². The molecule has 0 spiro atoms. The summed E-state index contributed by atoms with van der Waals surface area (Å²) in [6.07, 6.45) is 0.272. The van der Waals surface area contributed by atoms with Gasteiger partial charge in [0, 0.05) is 18.2 Å². The number of rotatable bonds is 8. The summed E-state index contributed by atoms with van der Waals surface area (Å²) in [5, 5.41) is 14.0. The molecule has 0 unspecified atom stereocenters. The topological polar surface area (TPSA) is 109 Å². The van der Waals surface area contributed by atoms with E-state index in [2.05, 4.69) is 5.32 Å². The highest BCUT2D eigenvalue weighted by molar-refractivity contribution is 5.99. The minimum atomic E-state index is -0.663. The SMILES string of the molecule is CCOc1cc(C(=O)NCCc2cc(F)cc3c2OCOC3)c([N+](=O)[O-])cc1OC. The highest BCUT2D eigenvalue weighted by atomic mass is 19.1. The molecule has 0 fully saturated rings. The third-order valence-electron chi connectivity index (χ3n) is 4.45. The van der Waals surface area contributed by atoms with Crippen molar-refractivity contribution in [1.29, 1.82) is 0 Å². The number of carbonyl (C=O) groups is 1.